The number of fused-ring (bicyclic) bond motifs is 1. The van der Waals surface area contributed by atoms with Crippen LogP contribution >= 0.6 is 0 Å². The summed E-state index contributed by atoms with van der Waals surface area (Å²) in [6.45, 7) is 4.83. The van der Waals surface area contributed by atoms with Crippen LogP contribution in [-0.2, 0) is 20.9 Å². The molecule has 1 aromatic carbocycles. The van der Waals surface area contributed by atoms with Crippen molar-refractivity contribution in [2.45, 2.75) is 33.0 Å². The van der Waals surface area contributed by atoms with Crippen LogP contribution in [0.1, 0.15) is 26.3 Å². The Bertz CT molecular complexity index is 862. The van der Waals surface area contributed by atoms with Gasteiger partial charge in [0.1, 0.15) is 17.7 Å². The number of aromatic nitrogens is 2. The minimum atomic E-state index is -0.631. The van der Waals surface area contributed by atoms with Crippen LogP contribution in [0, 0.1) is 10.1 Å². The molecular formula is C17H21N3O7. The predicted molar refractivity (Wildman–Crippen MR) is 94.8 cm³/mol. The normalized spacial score (nSPS) is 11.3. The molecule has 0 aliphatic rings. The lowest BCUT2D eigenvalue weighted by atomic mass is 10.1. The lowest BCUT2D eigenvalue weighted by Crippen LogP contribution is -2.26. The van der Waals surface area contributed by atoms with Gasteiger partial charge >= 0.3 is 5.97 Å². The van der Waals surface area contributed by atoms with Crippen molar-refractivity contribution >= 4 is 22.7 Å². The van der Waals surface area contributed by atoms with E-state index in [1.165, 1.54) is 26.4 Å². The Morgan fingerprint density at radius 3 is 2.33 bits per heavy atom. The number of non-ortho nitro benzene ring substituents is 1. The summed E-state index contributed by atoms with van der Waals surface area (Å²) < 4.78 is 20.7. The van der Waals surface area contributed by atoms with Crippen LogP contribution in [0.4, 0.5) is 5.69 Å². The number of nitro groups is 1. The summed E-state index contributed by atoms with van der Waals surface area (Å²) in [6, 6.07) is 2.60. The van der Waals surface area contributed by atoms with E-state index < -0.39 is 16.5 Å². The molecule has 0 amide bonds. The molecule has 1 aromatic heterocycles. The van der Waals surface area contributed by atoms with Gasteiger partial charge < -0.3 is 18.9 Å². The Hall–Kier alpha value is -3.01. The second-order valence-electron chi connectivity index (χ2n) is 6.55. The monoisotopic (exact) mass is 379 g/mol. The van der Waals surface area contributed by atoms with Crippen molar-refractivity contribution in [3.05, 3.63) is 27.8 Å². The first kappa shape index (κ1) is 20.3. The minimum absolute atomic E-state index is 0.0956. The predicted octanol–water partition coefficient (Wildman–Crippen LogP) is 2.41. The first-order valence-corrected chi connectivity index (χ1v) is 8.01. The molecule has 10 nitrogen and oxygen atoms in total. The summed E-state index contributed by atoms with van der Waals surface area (Å²) in [7, 11) is 2.79. The summed E-state index contributed by atoms with van der Waals surface area (Å²) in [5.74, 6) is -0.305. The first-order valence-electron chi connectivity index (χ1n) is 8.01. The Balaban J connectivity index is 2.33. The molecule has 1 heterocycles. The highest BCUT2D eigenvalue weighted by Gasteiger charge is 2.19. The van der Waals surface area contributed by atoms with E-state index in [0.29, 0.717) is 11.1 Å². The lowest BCUT2D eigenvalue weighted by Gasteiger charge is -2.19. The largest absolute Gasteiger partial charge is 0.477 e. The molecule has 0 aliphatic heterocycles. The number of benzene rings is 1. The van der Waals surface area contributed by atoms with Gasteiger partial charge in [0.15, 0.2) is 0 Å². The number of esters is 1. The summed E-state index contributed by atoms with van der Waals surface area (Å²) in [4.78, 5) is 30.9. The molecule has 0 aliphatic carbocycles. The van der Waals surface area contributed by atoms with E-state index in [4.69, 9.17) is 18.9 Å². The fraction of sp³-hybridized carbons (Fsp3) is 0.471. The van der Waals surface area contributed by atoms with Crippen LogP contribution in [-0.4, -0.2) is 47.3 Å². The Kier molecular flexibility index (Phi) is 6.11. The average molecular weight is 379 g/mol. The SMILES string of the molecule is COc1nc2cc([N+](=O)[O-])cc(COCC(=O)OC(C)(C)C)c2nc1OC. The third kappa shape index (κ3) is 5.23. The molecule has 0 atom stereocenters. The summed E-state index contributed by atoms with van der Waals surface area (Å²) in [6.07, 6.45) is 0. The number of carbonyl (C=O) groups excluding carboxylic acids is 1. The minimum Gasteiger partial charge on any atom is -0.477 e. The van der Waals surface area contributed by atoms with Gasteiger partial charge in [-0.25, -0.2) is 14.8 Å². The van der Waals surface area contributed by atoms with E-state index in [1.807, 2.05) is 0 Å². The number of nitro benzene ring substituents is 1. The van der Waals surface area contributed by atoms with E-state index in [1.54, 1.807) is 20.8 Å². The van der Waals surface area contributed by atoms with E-state index in [9.17, 15) is 14.9 Å². The van der Waals surface area contributed by atoms with E-state index >= 15 is 0 Å². The molecule has 0 saturated heterocycles. The van der Waals surface area contributed by atoms with Crippen LogP contribution in [0.5, 0.6) is 11.8 Å². The second-order valence-corrected chi connectivity index (χ2v) is 6.55. The Morgan fingerprint density at radius 1 is 1.15 bits per heavy atom. The first-order chi connectivity index (χ1) is 12.6. The van der Waals surface area contributed by atoms with Crippen molar-refractivity contribution in [2.75, 3.05) is 20.8 Å². The highest BCUT2D eigenvalue weighted by molar-refractivity contribution is 5.82. The number of nitrogens with zero attached hydrogens (tertiary/aromatic N) is 3. The number of methoxy groups -OCH3 is 2. The molecule has 10 heteroatoms. The Labute approximate surface area is 155 Å². The number of ether oxygens (including phenoxy) is 4. The zero-order valence-electron chi connectivity index (χ0n) is 15.8. The van der Waals surface area contributed by atoms with Crippen LogP contribution in [0.25, 0.3) is 11.0 Å². The van der Waals surface area contributed by atoms with Gasteiger partial charge in [-0.2, -0.15) is 0 Å². The average Bonchev–Trinajstić information content (AvgIpc) is 2.58. The van der Waals surface area contributed by atoms with Crippen LogP contribution in [0.3, 0.4) is 0 Å². The van der Waals surface area contributed by atoms with Gasteiger partial charge in [-0.1, -0.05) is 0 Å². The number of hydrogen-bond acceptors (Lipinski definition) is 9. The van der Waals surface area contributed by atoms with Crippen molar-refractivity contribution < 1.29 is 28.7 Å². The van der Waals surface area contributed by atoms with Crippen LogP contribution in [0.2, 0.25) is 0 Å². The highest BCUT2D eigenvalue weighted by atomic mass is 16.6. The van der Waals surface area contributed by atoms with Crippen molar-refractivity contribution in [3.8, 4) is 11.8 Å². The molecule has 0 spiro atoms. The molecular weight excluding hydrogens is 358 g/mol. The van der Waals surface area contributed by atoms with Gasteiger partial charge in [-0.15, -0.1) is 0 Å². The van der Waals surface area contributed by atoms with Gasteiger partial charge in [0.2, 0.25) is 0 Å². The fourth-order valence-corrected chi connectivity index (χ4v) is 2.28. The molecule has 0 fully saturated rings. The topological polar surface area (TPSA) is 123 Å². The molecule has 0 unspecified atom stereocenters. The van der Waals surface area contributed by atoms with E-state index in [0.717, 1.165) is 0 Å². The van der Waals surface area contributed by atoms with Gasteiger partial charge in [0.05, 0.1) is 31.3 Å². The number of hydrogen-bond donors (Lipinski definition) is 0. The molecule has 2 aromatic rings. The standard InChI is InChI=1S/C17H21N3O7/c1-17(2,3)27-13(21)9-26-8-10-6-11(20(22)23)7-12-14(10)19-16(25-5)15(18-12)24-4/h6-7H,8-9H2,1-5H3. The summed E-state index contributed by atoms with van der Waals surface area (Å²) >= 11 is 0. The third-order valence-electron chi connectivity index (χ3n) is 3.27. The van der Waals surface area contributed by atoms with Crippen LogP contribution in [0.15, 0.2) is 12.1 Å². The summed E-state index contributed by atoms with van der Waals surface area (Å²) in [5, 5.41) is 11.2. The molecule has 0 radical (unpaired) electrons. The number of carbonyl (C=O) groups is 1. The highest BCUT2D eigenvalue weighted by Crippen LogP contribution is 2.30. The maximum Gasteiger partial charge on any atom is 0.332 e. The van der Waals surface area contributed by atoms with Crippen molar-refractivity contribution in [3.63, 3.8) is 0 Å². The Morgan fingerprint density at radius 2 is 1.78 bits per heavy atom. The van der Waals surface area contributed by atoms with Gasteiger partial charge in [-0.3, -0.25) is 10.1 Å². The maximum atomic E-state index is 11.8. The molecule has 27 heavy (non-hydrogen) atoms. The molecule has 0 bridgehead atoms. The zero-order valence-corrected chi connectivity index (χ0v) is 15.8. The quantitative estimate of drug-likeness (QED) is 0.405. The van der Waals surface area contributed by atoms with Gasteiger partial charge in [0.25, 0.3) is 17.4 Å². The molecule has 146 valence electrons. The van der Waals surface area contributed by atoms with E-state index in [2.05, 4.69) is 9.97 Å². The third-order valence-corrected chi connectivity index (χ3v) is 3.27. The van der Waals surface area contributed by atoms with E-state index in [-0.39, 0.29) is 36.2 Å². The lowest BCUT2D eigenvalue weighted by molar-refractivity contribution is -0.384. The molecule has 0 N–H and O–H groups in total. The van der Waals surface area contributed by atoms with Gasteiger partial charge in [-0.05, 0) is 20.8 Å². The molecule has 2 rings (SSSR count). The smallest absolute Gasteiger partial charge is 0.332 e. The zero-order chi connectivity index (χ0) is 20.2. The number of rotatable bonds is 7. The second kappa shape index (κ2) is 8.12. The van der Waals surface area contributed by atoms with Crippen molar-refractivity contribution in [1.82, 2.24) is 9.97 Å². The molecule has 0 saturated carbocycles. The van der Waals surface area contributed by atoms with Crippen molar-refractivity contribution in [2.24, 2.45) is 0 Å². The van der Waals surface area contributed by atoms with Gasteiger partial charge in [0, 0.05) is 17.7 Å². The fourth-order valence-electron chi connectivity index (χ4n) is 2.28. The van der Waals surface area contributed by atoms with Crippen LogP contribution < -0.4 is 9.47 Å². The summed E-state index contributed by atoms with van der Waals surface area (Å²) in [5.41, 5.74) is 0.171. The maximum absolute atomic E-state index is 11.8. The van der Waals surface area contributed by atoms with Crippen molar-refractivity contribution in [1.29, 1.82) is 0 Å².